The van der Waals surface area contributed by atoms with Crippen LogP contribution in [0.25, 0.3) is 0 Å². The lowest BCUT2D eigenvalue weighted by Crippen LogP contribution is -2.69. The summed E-state index contributed by atoms with van der Waals surface area (Å²) >= 11 is 11.0. The Morgan fingerprint density at radius 1 is 0.958 bits per heavy atom. The van der Waals surface area contributed by atoms with E-state index in [0.717, 1.165) is 17.8 Å². The smallest absolute Gasteiger partial charge is 0.0373 e. The maximum atomic E-state index is 5.60. The highest BCUT2D eigenvalue weighted by atomic mass is 32.1. The van der Waals surface area contributed by atoms with Gasteiger partial charge in [-0.3, -0.25) is 0 Å². The summed E-state index contributed by atoms with van der Waals surface area (Å²) in [6, 6.07) is 0. The molecule has 0 aromatic rings. The lowest BCUT2D eigenvalue weighted by atomic mass is 9.44. The molecular weight excluding hydrogens is 328 g/mol. The molecule has 0 N–H and O–H groups in total. The van der Waals surface area contributed by atoms with Crippen molar-refractivity contribution in [1.82, 2.24) is 0 Å². The molecule has 0 bridgehead atoms. The number of fused-ring (bicyclic) bond motifs is 5. The van der Waals surface area contributed by atoms with Crippen LogP contribution in [0.2, 0.25) is 0 Å². The standard InChI is InChI=1S/C22H36S2/c1-13-6-9-17-16(12-13)8-11-19-18-10-7-14(2)20(18,4)15(3)21(5,23)22(17,19)24/h8,13-15,17-19,23-24H,6-7,9-12H2,1-5H3. The highest BCUT2D eigenvalue weighted by molar-refractivity contribution is 7.86. The van der Waals surface area contributed by atoms with Crippen LogP contribution < -0.4 is 0 Å². The number of allylic oxidation sites excluding steroid dienone is 2. The average Bonchev–Trinajstić information content (AvgIpc) is 2.82. The lowest BCUT2D eigenvalue weighted by molar-refractivity contribution is -0.0592. The minimum atomic E-state index is -0.00458. The molecule has 9 atom stereocenters. The fourth-order valence-electron chi connectivity index (χ4n) is 7.68. The molecule has 0 aliphatic heterocycles. The first-order valence-electron chi connectivity index (χ1n) is 10.3. The van der Waals surface area contributed by atoms with Crippen LogP contribution >= 0.6 is 25.3 Å². The van der Waals surface area contributed by atoms with Gasteiger partial charge in [-0.05, 0) is 86.4 Å². The largest absolute Gasteiger partial charge is 0.171 e. The second kappa shape index (κ2) is 5.47. The van der Waals surface area contributed by atoms with Gasteiger partial charge in [0.2, 0.25) is 0 Å². The third-order valence-corrected chi connectivity index (χ3v) is 11.6. The van der Waals surface area contributed by atoms with Crippen molar-refractivity contribution >= 4 is 25.3 Å². The monoisotopic (exact) mass is 364 g/mol. The Labute approximate surface area is 160 Å². The predicted molar refractivity (Wildman–Crippen MR) is 111 cm³/mol. The van der Waals surface area contributed by atoms with Gasteiger partial charge in [0.25, 0.3) is 0 Å². The molecule has 0 saturated heterocycles. The quantitative estimate of drug-likeness (QED) is 0.359. The molecule has 9 unspecified atom stereocenters. The average molecular weight is 365 g/mol. The van der Waals surface area contributed by atoms with E-state index >= 15 is 0 Å². The van der Waals surface area contributed by atoms with E-state index in [4.69, 9.17) is 25.3 Å². The number of rotatable bonds is 0. The summed E-state index contributed by atoms with van der Waals surface area (Å²) in [4.78, 5) is 0. The molecular formula is C22H36S2. The molecule has 0 aromatic heterocycles. The predicted octanol–water partition coefficient (Wildman–Crippen LogP) is 6.43. The zero-order valence-electron chi connectivity index (χ0n) is 16.2. The topological polar surface area (TPSA) is 0 Å². The van der Waals surface area contributed by atoms with E-state index in [0.29, 0.717) is 23.2 Å². The van der Waals surface area contributed by atoms with Crippen LogP contribution in [-0.2, 0) is 0 Å². The Balaban J connectivity index is 1.84. The summed E-state index contributed by atoms with van der Waals surface area (Å²) in [6.45, 7) is 12.4. The van der Waals surface area contributed by atoms with Gasteiger partial charge in [-0.2, -0.15) is 25.3 Å². The highest BCUT2D eigenvalue weighted by Crippen LogP contribution is 2.72. The van der Waals surface area contributed by atoms with Crippen molar-refractivity contribution in [2.45, 2.75) is 82.6 Å². The van der Waals surface area contributed by atoms with Crippen molar-refractivity contribution < 1.29 is 0 Å². The zero-order valence-corrected chi connectivity index (χ0v) is 18.0. The van der Waals surface area contributed by atoms with Crippen molar-refractivity contribution in [3.63, 3.8) is 0 Å². The van der Waals surface area contributed by atoms with Gasteiger partial charge >= 0.3 is 0 Å². The molecule has 0 radical (unpaired) electrons. The molecule has 0 amide bonds. The Kier molecular flexibility index (Phi) is 4.07. The minimum absolute atomic E-state index is 0.00458. The van der Waals surface area contributed by atoms with Gasteiger partial charge in [0.15, 0.2) is 0 Å². The molecule has 0 spiro atoms. The van der Waals surface area contributed by atoms with Crippen LogP contribution in [0.5, 0.6) is 0 Å². The summed E-state index contributed by atoms with van der Waals surface area (Å²) in [5.74, 6) is 4.47. The third-order valence-electron chi connectivity index (χ3n) is 9.55. The van der Waals surface area contributed by atoms with Crippen molar-refractivity contribution in [3.05, 3.63) is 11.6 Å². The maximum Gasteiger partial charge on any atom is 0.0373 e. The fourth-order valence-corrected chi connectivity index (χ4v) is 9.05. The molecule has 3 fully saturated rings. The summed E-state index contributed by atoms with van der Waals surface area (Å²) in [5.41, 5.74) is 2.16. The molecule has 4 aliphatic rings. The van der Waals surface area contributed by atoms with Gasteiger partial charge in [-0.25, -0.2) is 0 Å². The van der Waals surface area contributed by atoms with Crippen molar-refractivity contribution in [1.29, 1.82) is 0 Å². The van der Waals surface area contributed by atoms with E-state index < -0.39 is 0 Å². The van der Waals surface area contributed by atoms with Crippen molar-refractivity contribution in [2.24, 2.45) is 40.9 Å². The molecule has 3 saturated carbocycles. The normalized spacial score (nSPS) is 60.0. The van der Waals surface area contributed by atoms with Crippen LogP contribution in [0.1, 0.15) is 73.1 Å². The fraction of sp³-hybridized carbons (Fsp3) is 0.909. The van der Waals surface area contributed by atoms with Crippen LogP contribution in [0.4, 0.5) is 0 Å². The molecule has 2 heteroatoms. The van der Waals surface area contributed by atoms with E-state index in [9.17, 15) is 0 Å². The first kappa shape index (κ1) is 17.8. The van der Waals surface area contributed by atoms with Crippen molar-refractivity contribution in [3.8, 4) is 0 Å². The van der Waals surface area contributed by atoms with Gasteiger partial charge in [-0.15, -0.1) is 0 Å². The van der Waals surface area contributed by atoms with Gasteiger partial charge in [0.05, 0.1) is 0 Å². The first-order chi connectivity index (χ1) is 11.1. The number of hydrogen-bond acceptors (Lipinski definition) is 2. The summed E-state index contributed by atoms with van der Waals surface area (Å²) in [7, 11) is 0. The second-order valence-corrected chi connectivity index (χ2v) is 11.9. The number of thiol groups is 2. The Morgan fingerprint density at radius 3 is 2.38 bits per heavy atom. The maximum absolute atomic E-state index is 5.60. The SMILES string of the molecule is CC1CCC2C(=CCC3C4CCC(C)C4(C)C(C)C(C)(S)C23S)C1. The van der Waals surface area contributed by atoms with E-state index in [1.807, 2.05) is 0 Å². The molecule has 136 valence electrons. The molecule has 4 rings (SSSR count). The van der Waals surface area contributed by atoms with Crippen LogP contribution in [0.15, 0.2) is 11.6 Å². The van der Waals surface area contributed by atoms with E-state index in [-0.39, 0.29) is 9.49 Å². The highest BCUT2D eigenvalue weighted by Gasteiger charge is 2.70. The van der Waals surface area contributed by atoms with Gasteiger partial charge in [0.1, 0.15) is 0 Å². The van der Waals surface area contributed by atoms with Crippen LogP contribution in [0.3, 0.4) is 0 Å². The van der Waals surface area contributed by atoms with E-state index in [2.05, 4.69) is 40.7 Å². The minimum Gasteiger partial charge on any atom is -0.171 e. The molecule has 4 aliphatic carbocycles. The van der Waals surface area contributed by atoms with E-state index in [1.165, 1.54) is 38.5 Å². The first-order valence-corrected chi connectivity index (χ1v) is 11.2. The van der Waals surface area contributed by atoms with Crippen molar-refractivity contribution in [2.75, 3.05) is 0 Å². The molecule has 24 heavy (non-hydrogen) atoms. The van der Waals surface area contributed by atoms with Gasteiger partial charge in [0, 0.05) is 9.49 Å². The molecule has 0 aromatic carbocycles. The van der Waals surface area contributed by atoms with Gasteiger partial charge in [-0.1, -0.05) is 39.3 Å². The number of hydrogen-bond donors (Lipinski definition) is 2. The lowest BCUT2D eigenvalue weighted by Gasteiger charge is -2.68. The molecule has 0 nitrogen and oxygen atoms in total. The summed E-state index contributed by atoms with van der Waals surface area (Å²) in [6.07, 6.45) is 10.7. The van der Waals surface area contributed by atoms with Crippen LogP contribution in [0, 0.1) is 40.9 Å². The zero-order chi connectivity index (χ0) is 17.5. The third kappa shape index (κ3) is 1.97. The molecule has 0 heterocycles. The Morgan fingerprint density at radius 2 is 1.67 bits per heavy atom. The summed E-state index contributed by atoms with van der Waals surface area (Å²) in [5, 5.41) is 0. The van der Waals surface area contributed by atoms with Gasteiger partial charge < -0.3 is 0 Å². The summed E-state index contributed by atoms with van der Waals surface area (Å²) < 4.78 is 0.0589. The Hall–Kier alpha value is 0.440. The van der Waals surface area contributed by atoms with Crippen LogP contribution in [-0.4, -0.2) is 9.49 Å². The second-order valence-electron chi connectivity index (χ2n) is 10.2. The van der Waals surface area contributed by atoms with E-state index in [1.54, 1.807) is 5.57 Å². The Bertz CT molecular complexity index is 564.